The number of aryl methyl sites for hydroxylation is 3. The summed E-state index contributed by atoms with van der Waals surface area (Å²) in [7, 11) is 3.18. The van der Waals surface area contributed by atoms with E-state index in [1.54, 1.807) is 11.6 Å². The van der Waals surface area contributed by atoms with Gasteiger partial charge in [-0.05, 0) is 37.1 Å². The molecule has 1 atom stereocenters. The fourth-order valence-corrected chi connectivity index (χ4v) is 2.86. The van der Waals surface area contributed by atoms with Gasteiger partial charge < -0.3 is 19.7 Å². The predicted molar refractivity (Wildman–Crippen MR) is 103 cm³/mol. The molecule has 9 nitrogen and oxygen atoms in total. The Morgan fingerprint density at radius 1 is 1.30 bits per heavy atom. The summed E-state index contributed by atoms with van der Waals surface area (Å²) in [5.74, 6) is 1.05. The highest BCUT2D eigenvalue weighted by molar-refractivity contribution is 5.74. The minimum atomic E-state index is -0.882. The van der Waals surface area contributed by atoms with Crippen LogP contribution in [0.3, 0.4) is 0 Å². The van der Waals surface area contributed by atoms with Gasteiger partial charge in [0.15, 0.2) is 11.2 Å². The molecule has 3 aromatic rings. The van der Waals surface area contributed by atoms with E-state index in [0.717, 1.165) is 11.1 Å². The lowest BCUT2D eigenvalue weighted by atomic mass is 10.1. The molecule has 1 aromatic carbocycles. The lowest BCUT2D eigenvalue weighted by Crippen LogP contribution is -2.30. The van der Waals surface area contributed by atoms with Crippen LogP contribution in [0.5, 0.6) is 5.75 Å². The van der Waals surface area contributed by atoms with Crippen molar-refractivity contribution in [3.05, 3.63) is 50.2 Å². The number of rotatable bonds is 6. The molecular weight excluding hydrogens is 350 g/mol. The van der Waals surface area contributed by atoms with Gasteiger partial charge in [0.1, 0.15) is 18.5 Å². The van der Waals surface area contributed by atoms with Crippen LogP contribution < -0.4 is 21.3 Å². The first-order valence-electron chi connectivity index (χ1n) is 8.57. The summed E-state index contributed by atoms with van der Waals surface area (Å²) in [6.07, 6.45) is -0.882. The molecule has 144 valence electrons. The third-order valence-corrected chi connectivity index (χ3v) is 4.54. The molecule has 0 aliphatic heterocycles. The van der Waals surface area contributed by atoms with Crippen LogP contribution in [0.15, 0.2) is 27.8 Å². The molecule has 0 saturated carbocycles. The minimum Gasteiger partial charge on any atom is -0.491 e. The maximum atomic E-state index is 12.3. The third-order valence-electron chi connectivity index (χ3n) is 4.54. The number of imidazole rings is 1. The minimum absolute atomic E-state index is 0.0506. The number of anilines is 1. The Kier molecular flexibility index (Phi) is 5.04. The van der Waals surface area contributed by atoms with Crippen molar-refractivity contribution >= 4 is 17.1 Å². The summed E-state index contributed by atoms with van der Waals surface area (Å²) in [6.45, 7) is 4.14. The molecule has 0 bridgehead atoms. The van der Waals surface area contributed by atoms with E-state index in [-0.39, 0.29) is 24.3 Å². The molecule has 2 aromatic heterocycles. The van der Waals surface area contributed by atoms with Crippen LogP contribution in [-0.2, 0) is 13.6 Å². The summed E-state index contributed by atoms with van der Waals surface area (Å²) in [5, 5.41) is 13.3. The Bertz CT molecular complexity index is 1100. The Balaban J connectivity index is 1.85. The van der Waals surface area contributed by atoms with Crippen molar-refractivity contribution in [3.63, 3.8) is 0 Å². The van der Waals surface area contributed by atoms with Crippen molar-refractivity contribution < 1.29 is 9.84 Å². The fraction of sp³-hybridized carbons (Fsp3) is 0.389. The Morgan fingerprint density at radius 2 is 2.04 bits per heavy atom. The van der Waals surface area contributed by atoms with Crippen LogP contribution in [0.2, 0.25) is 0 Å². The number of aromatic nitrogens is 4. The van der Waals surface area contributed by atoms with Gasteiger partial charge in [-0.1, -0.05) is 6.07 Å². The lowest BCUT2D eigenvalue weighted by Gasteiger charge is -2.15. The van der Waals surface area contributed by atoms with Crippen molar-refractivity contribution in [2.75, 3.05) is 19.0 Å². The number of ether oxygens (including phenoxy) is 1. The zero-order chi connectivity index (χ0) is 19.7. The number of H-pyrrole nitrogens is 1. The van der Waals surface area contributed by atoms with Gasteiger partial charge in [0.2, 0.25) is 5.95 Å². The van der Waals surface area contributed by atoms with E-state index in [1.165, 1.54) is 11.6 Å². The standard InChI is InChI=1S/C18H23N5O4/c1-10-5-6-13(7-11(10)2)27-9-12(24)8-23-14-15(20-17(23)19-3)22(4)18(26)21-16(14)25/h5-7,12,24H,8-9H2,1-4H3,(H,19,20)(H,21,25,26). The summed E-state index contributed by atoms with van der Waals surface area (Å²) in [4.78, 5) is 30.6. The van der Waals surface area contributed by atoms with Gasteiger partial charge in [-0.3, -0.25) is 14.3 Å². The second-order valence-corrected chi connectivity index (χ2v) is 6.50. The van der Waals surface area contributed by atoms with Gasteiger partial charge in [-0.15, -0.1) is 0 Å². The Labute approximate surface area is 155 Å². The molecule has 3 rings (SSSR count). The van der Waals surface area contributed by atoms with Crippen LogP contribution >= 0.6 is 0 Å². The normalized spacial score (nSPS) is 12.3. The topological polar surface area (TPSA) is 114 Å². The first-order chi connectivity index (χ1) is 12.8. The fourth-order valence-electron chi connectivity index (χ4n) is 2.86. The first kappa shape index (κ1) is 18.7. The number of nitrogens with one attached hydrogen (secondary N) is 2. The van der Waals surface area contributed by atoms with E-state index in [4.69, 9.17) is 4.74 Å². The second-order valence-electron chi connectivity index (χ2n) is 6.50. The number of nitrogens with zero attached hydrogens (tertiary/aromatic N) is 3. The van der Waals surface area contributed by atoms with Gasteiger partial charge in [0.05, 0.1) is 6.54 Å². The van der Waals surface area contributed by atoms with Gasteiger partial charge in [-0.25, -0.2) is 4.79 Å². The molecule has 0 amide bonds. The monoisotopic (exact) mass is 373 g/mol. The van der Waals surface area contributed by atoms with Crippen molar-refractivity contribution in [3.8, 4) is 5.75 Å². The average molecular weight is 373 g/mol. The molecule has 0 saturated heterocycles. The summed E-state index contributed by atoms with van der Waals surface area (Å²) < 4.78 is 8.47. The number of aliphatic hydroxyl groups excluding tert-OH is 1. The molecule has 0 radical (unpaired) electrons. The Morgan fingerprint density at radius 3 is 2.70 bits per heavy atom. The van der Waals surface area contributed by atoms with Gasteiger partial charge in [0.25, 0.3) is 5.56 Å². The average Bonchev–Trinajstić information content (AvgIpc) is 2.99. The maximum Gasteiger partial charge on any atom is 0.329 e. The number of hydrogen-bond acceptors (Lipinski definition) is 6. The van der Waals surface area contributed by atoms with Crippen LogP contribution in [0, 0.1) is 13.8 Å². The molecule has 3 N–H and O–H groups in total. The molecular formula is C18H23N5O4. The molecule has 0 aliphatic rings. The summed E-state index contributed by atoms with van der Waals surface area (Å²) in [5.41, 5.74) is 1.63. The maximum absolute atomic E-state index is 12.3. The number of aromatic amines is 1. The molecule has 0 fully saturated rings. The van der Waals surface area contributed by atoms with E-state index in [1.807, 2.05) is 32.0 Å². The van der Waals surface area contributed by atoms with Gasteiger partial charge in [0, 0.05) is 14.1 Å². The molecule has 9 heteroatoms. The van der Waals surface area contributed by atoms with Crippen LogP contribution in [0.1, 0.15) is 11.1 Å². The molecule has 27 heavy (non-hydrogen) atoms. The summed E-state index contributed by atoms with van der Waals surface area (Å²) in [6, 6.07) is 5.72. The lowest BCUT2D eigenvalue weighted by molar-refractivity contribution is 0.0938. The molecule has 0 aliphatic carbocycles. The van der Waals surface area contributed by atoms with Crippen molar-refractivity contribution in [1.82, 2.24) is 19.1 Å². The van der Waals surface area contributed by atoms with Crippen LogP contribution in [0.25, 0.3) is 11.2 Å². The van der Waals surface area contributed by atoms with Crippen molar-refractivity contribution in [2.45, 2.75) is 26.5 Å². The molecule has 1 unspecified atom stereocenters. The van der Waals surface area contributed by atoms with Gasteiger partial charge >= 0.3 is 5.69 Å². The van der Waals surface area contributed by atoms with E-state index >= 15 is 0 Å². The quantitative estimate of drug-likeness (QED) is 0.580. The number of fused-ring (bicyclic) bond motifs is 1. The third kappa shape index (κ3) is 3.59. The predicted octanol–water partition coefficient (Wildman–Crippen LogP) is 0.522. The van der Waals surface area contributed by atoms with Gasteiger partial charge in [-0.2, -0.15) is 4.98 Å². The number of benzene rings is 1. The largest absolute Gasteiger partial charge is 0.491 e. The van der Waals surface area contributed by atoms with Crippen LogP contribution in [-0.4, -0.2) is 44.0 Å². The zero-order valence-corrected chi connectivity index (χ0v) is 15.7. The van der Waals surface area contributed by atoms with Crippen molar-refractivity contribution in [2.24, 2.45) is 7.05 Å². The van der Waals surface area contributed by atoms with Crippen LogP contribution in [0.4, 0.5) is 5.95 Å². The van der Waals surface area contributed by atoms with E-state index < -0.39 is 17.4 Å². The highest BCUT2D eigenvalue weighted by atomic mass is 16.5. The smallest absolute Gasteiger partial charge is 0.329 e. The number of aliphatic hydroxyl groups is 1. The van der Waals surface area contributed by atoms with E-state index in [9.17, 15) is 14.7 Å². The number of hydrogen-bond donors (Lipinski definition) is 3. The SMILES string of the molecule is CNc1nc2c(c(=O)[nH]c(=O)n2C)n1CC(O)COc1ccc(C)c(C)c1. The highest BCUT2D eigenvalue weighted by Gasteiger charge is 2.19. The molecule has 2 heterocycles. The second kappa shape index (κ2) is 7.28. The van der Waals surface area contributed by atoms with E-state index in [2.05, 4.69) is 15.3 Å². The highest BCUT2D eigenvalue weighted by Crippen LogP contribution is 2.18. The van der Waals surface area contributed by atoms with Crippen molar-refractivity contribution in [1.29, 1.82) is 0 Å². The van der Waals surface area contributed by atoms with E-state index in [0.29, 0.717) is 11.7 Å². The molecule has 0 spiro atoms. The zero-order valence-electron chi connectivity index (χ0n) is 15.7. The summed E-state index contributed by atoms with van der Waals surface area (Å²) >= 11 is 0. The first-order valence-corrected chi connectivity index (χ1v) is 8.57. The Hall–Kier alpha value is -3.07.